The molecule has 0 aliphatic carbocycles. The molecule has 0 saturated carbocycles. The van der Waals surface area contributed by atoms with Crippen molar-refractivity contribution in [1.82, 2.24) is 5.01 Å². The second kappa shape index (κ2) is 6.62. The van der Waals surface area contributed by atoms with E-state index in [1.165, 1.54) is 0 Å². The van der Waals surface area contributed by atoms with Crippen LogP contribution in [0.3, 0.4) is 0 Å². The quantitative estimate of drug-likeness (QED) is 0.523. The van der Waals surface area contributed by atoms with Crippen molar-refractivity contribution < 1.29 is 9.53 Å². The molecule has 3 heterocycles. The third-order valence-corrected chi connectivity index (χ3v) is 6.25. The number of rotatable bonds is 3. The molecule has 0 spiro atoms. The minimum Gasteiger partial charge on any atom is -0.461 e. The fraction of sp³-hybridized carbons (Fsp3) is 0.143. The summed E-state index contributed by atoms with van der Waals surface area (Å²) in [7, 11) is 0. The molecular formula is C21H15BrN2O2S. The minimum atomic E-state index is -0.761. The zero-order valence-electron chi connectivity index (χ0n) is 14.2. The van der Waals surface area contributed by atoms with Crippen molar-refractivity contribution in [1.29, 1.82) is 0 Å². The largest absolute Gasteiger partial charge is 0.461 e. The van der Waals surface area contributed by atoms with Gasteiger partial charge in [0.2, 0.25) is 5.78 Å². The second-order valence-electron chi connectivity index (χ2n) is 6.51. The van der Waals surface area contributed by atoms with E-state index in [1.807, 2.05) is 58.9 Å². The first kappa shape index (κ1) is 16.7. The maximum atomic E-state index is 13.2. The van der Waals surface area contributed by atoms with Crippen LogP contribution in [0.5, 0.6) is 5.75 Å². The number of nitrogens with zero attached hydrogens (tertiary/aromatic N) is 2. The topological polar surface area (TPSA) is 41.9 Å². The number of halogens is 1. The molecule has 2 aliphatic heterocycles. The summed E-state index contributed by atoms with van der Waals surface area (Å²) in [5.41, 5.74) is 2.68. The summed E-state index contributed by atoms with van der Waals surface area (Å²) >= 11 is 5.21. The zero-order valence-corrected chi connectivity index (χ0v) is 16.6. The van der Waals surface area contributed by atoms with E-state index >= 15 is 0 Å². The Labute approximate surface area is 169 Å². The minimum absolute atomic E-state index is 0.0130. The van der Waals surface area contributed by atoms with E-state index in [0.717, 1.165) is 32.8 Å². The van der Waals surface area contributed by atoms with E-state index in [2.05, 4.69) is 28.1 Å². The molecule has 4 nitrogen and oxygen atoms in total. The standard InChI is InChI=1S/C21H15BrN2O2S/c22-14-8-9-18-15(11-14)17-12-16(19-7-4-10-27-19)23-24(17)21(26-18)20(25)13-5-2-1-3-6-13/h1-11,17,21H,12H2. The molecule has 2 aliphatic rings. The lowest BCUT2D eigenvalue weighted by Crippen LogP contribution is -2.45. The van der Waals surface area contributed by atoms with Gasteiger partial charge in [0.15, 0.2) is 0 Å². The number of Topliss-reactive ketones (excluding diaryl/α,β-unsaturated/α-hetero) is 1. The van der Waals surface area contributed by atoms with Crippen LogP contribution in [0.25, 0.3) is 0 Å². The normalized spacial score (nSPS) is 20.5. The highest BCUT2D eigenvalue weighted by molar-refractivity contribution is 9.10. The third kappa shape index (κ3) is 2.89. The number of fused-ring (bicyclic) bond motifs is 3. The summed E-state index contributed by atoms with van der Waals surface area (Å²) in [5, 5.41) is 8.69. The van der Waals surface area contributed by atoms with Crippen molar-refractivity contribution in [2.45, 2.75) is 18.7 Å². The van der Waals surface area contributed by atoms with Crippen molar-refractivity contribution in [2.24, 2.45) is 5.10 Å². The van der Waals surface area contributed by atoms with Crippen LogP contribution in [-0.4, -0.2) is 22.7 Å². The molecular weight excluding hydrogens is 424 g/mol. The molecule has 0 bridgehead atoms. The van der Waals surface area contributed by atoms with Crippen molar-refractivity contribution in [3.8, 4) is 5.75 Å². The molecule has 1 aromatic heterocycles. The Morgan fingerprint density at radius 2 is 2.00 bits per heavy atom. The first-order valence-corrected chi connectivity index (χ1v) is 10.3. The van der Waals surface area contributed by atoms with Crippen molar-refractivity contribution in [3.63, 3.8) is 0 Å². The molecule has 2 atom stereocenters. The summed E-state index contributed by atoms with van der Waals surface area (Å²) in [6, 6.07) is 19.3. The third-order valence-electron chi connectivity index (χ3n) is 4.84. The van der Waals surface area contributed by atoms with Crippen LogP contribution in [0.1, 0.15) is 33.3 Å². The highest BCUT2D eigenvalue weighted by Crippen LogP contribution is 2.44. The molecule has 6 heteroatoms. The molecule has 5 rings (SSSR count). The van der Waals surface area contributed by atoms with Gasteiger partial charge in [-0.15, -0.1) is 11.3 Å². The van der Waals surface area contributed by atoms with E-state index in [9.17, 15) is 4.79 Å². The SMILES string of the molecule is O=C(c1ccccc1)C1Oc2ccc(Br)cc2C2CC(c3cccs3)=NN12. The summed E-state index contributed by atoms with van der Waals surface area (Å²) in [4.78, 5) is 14.3. The summed E-state index contributed by atoms with van der Waals surface area (Å²) in [6.07, 6.45) is -0.00476. The van der Waals surface area contributed by atoms with Gasteiger partial charge in [-0.2, -0.15) is 5.10 Å². The van der Waals surface area contributed by atoms with Gasteiger partial charge in [-0.1, -0.05) is 52.3 Å². The monoisotopic (exact) mass is 438 g/mol. The number of hydrogen-bond donors (Lipinski definition) is 0. The molecule has 2 unspecified atom stereocenters. The van der Waals surface area contributed by atoms with Gasteiger partial charge in [0, 0.05) is 22.0 Å². The maximum absolute atomic E-state index is 13.2. The molecule has 0 radical (unpaired) electrons. The average molecular weight is 439 g/mol. The number of ether oxygens (including phenoxy) is 1. The average Bonchev–Trinajstić information content (AvgIpc) is 3.37. The number of hydrogen-bond acceptors (Lipinski definition) is 5. The first-order valence-electron chi connectivity index (χ1n) is 8.66. The van der Waals surface area contributed by atoms with Crippen molar-refractivity contribution in [2.75, 3.05) is 0 Å². The number of thiophene rings is 1. The Hall–Kier alpha value is -2.44. The van der Waals surface area contributed by atoms with Crippen LogP contribution in [0.2, 0.25) is 0 Å². The van der Waals surface area contributed by atoms with E-state index in [1.54, 1.807) is 11.3 Å². The van der Waals surface area contributed by atoms with E-state index in [-0.39, 0.29) is 11.8 Å². The van der Waals surface area contributed by atoms with Crippen molar-refractivity contribution >= 4 is 38.8 Å². The lowest BCUT2D eigenvalue weighted by atomic mass is 9.97. The molecule has 2 aromatic carbocycles. The second-order valence-corrected chi connectivity index (χ2v) is 8.37. The molecule has 134 valence electrons. The van der Waals surface area contributed by atoms with Gasteiger partial charge in [-0.25, -0.2) is 5.01 Å². The highest BCUT2D eigenvalue weighted by atomic mass is 79.9. The Balaban J connectivity index is 1.59. The fourth-order valence-electron chi connectivity index (χ4n) is 3.57. The molecule has 0 N–H and O–H groups in total. The smallest absolute Gasteiger partial charge is 0.251 e. The predicted octanol–water partition coefficient (Wildman–Crippen LogP) is 5.26. The van der Waals surface area contributed by atoms with Gasteiger partial charge in [-0.3, -0.25) is 4.79 Å². The van der Waals surface area contributed by atoms with Crippen LogP contribution in [-0.2, 0) is 0 Å². The zero-order chi connectivity index (χ0) is 18.4. The van der Waals surface area contributed by atoms with Crippen LogP contribution in [0.15, 0.2) is 75.6 Å². The van der Waals surface area contributed by atoms with Gasteiger partial charge in [0.25, 0.3) is 6.23 Å². The number of carbonyl (C=O) groups is 1. The molecule has 3 aromatic rings. The summed E-state index contributed by atoms with van der Waals surface area (Å²) < 4.78 is 7.12. The first-order chi connectivity index (χ1) is 13.2. The lowest BCUT2D eigenvalue weighted by molar-refractivity contribution is -0.00458. The fourth-order valence-corrected chi connectivity index (χ4v) is 4.67. The summed E-state index contributed by atoms with van der Waals surface area (Å²) in [6.45, 7) is 0. The molecule has 0 saturated heterocycles. The molecule has 27 heavy (non-hydrogen) atoms. The van der Waals surface area contributed by atoms with Gasteiger partial charge < -0.3 is 4.74 Å². The van der Waals surface area contributed by atoms with Gasteiger partial charge >= 0.3 is 0 Å². The van der Waals surface area contributed by atoms with Gasteiger partial charge in [-0.05, 0) is 29.6 Å². The lowest BCUT2D eigenvalue weighted by Gasteiger charge is -2.37. The number of ketones is 1. The molecule has 0 fully saturated rings. The highest BCUT2D eigenvalue weighted by Gasteiger charge is 2.43. The molecule has 0 amide bonds. The van der Waals surface area contributed by atoms with Crippen LogP contribution in [0.4, 0.5) is 0 Å². The number of carbonyl (C=O) groups excluding carboxylic acids is 1. The van der Waals surface area contributed by atoms with Crippen LogP contribution >= 0.6 is 27.3 Å². The number of hydrazone groups is 1. The van der Waals surface area contributed by atoms with Gasteiger partial charge in [0.1, 0.15) is 5.75 Å². The van der Waals surface area contributed by atoms with E-state index in [0.29, 0.717) is 5.56 Å². The Bertz CT molecular complexity index is 1030. The number of benzene rings is 2. The van der Waals surface area contributed by atoms with E-state index in [4.69, 9.17) is 9.84 Å². The summed E-state index contributed by atoms with van der Waals surface area (Å²) in [5.74, 6) is 0.668. The maximum Gasteiger partial charge on any atom is 0.251 e. The van der Waals surface area contributed by atoms with E-state index < -0.39 is 6.23 Å². The Kier molecular flexibility index (Phi) is 4.10. The Morgan fingerprint density at radius 1 is 1.15 bits per heavy atom. The van der Waals surface area contributed by atoms with Gasteiger partial charge in [0.05, 0.1) is 16.6 Å². The predicted molar refractivity (Wildman–Crippen MR) is 109 cm³/mol. The van der Waals surface area contributed by atoms with Crippen LogP contribution in [0, 0.1) is 0 Å². The van der Waals surface area contributed by atoms with Crippen LogP contribution < -0.4 is 4.74 Å². The Morgan fingerprint density at radius 3 is 2.78 bits per heavy atom. The van der Waals surface area contributed by atoms with Crippen molar-refractivity contribution in [3.05, 3.63) is 86.5 Å².